The number of methoxy groups -OCH3 is 1. The van der Waals surface area contributed by atoms with Crippen LogP contribution in [0.3, 0.4) is 0 Å². The largest absolute Gasteiger partial charge is 0.493 e. The lowest BCUT2D eigenvalue weighted by atomic mass is 10.2. The van der Waals surface area contributed by atoms with Gasteiger partial charge in [0.2, 0.25) is 0 Å². The van der Waals surface area contributed by atoms with Gasteiger partial charge in [0.25, 0.3) is 5.91 Å². The van der Waals surface area contributed by atoms with Crippen LogP contribution in [0.2, 0.25) is 0 Å². The van der Waals surface area contributed by atoms with Crippen LogP contribution in [0.15, 0.2) is 52.4 Å². The quantitative estimate of drug-likeness (QED) is 0.703. The molecule has 3 rings (SSSR count). The SMILES string of the molecule is COc1cc(/C=C2\SC(=Nc3ccc(C(=O)O)cc3)NC2=O)ccc1OCC#N. The summed E-state index contributed by atoms with van der Waals surface area (Å²) >= 11 is 1.17. The number of benzene rings is 2. The number of amides is 1. The number of carboxylic acid groups (broad SMARTS) is 1. The molecule has 1 saturated heterocycles. The van der Waals surface area contributed by atoms with Gasteiger partial charge in [-0.05, 0) is 59.8 Å². The zero-order valence-corrected chi connectivity index (χ0v) is 16.0. The van der Waals surface area contributed by atoms with E-state index in [9.17, 15) is 9.59 Å². The number of carbonyl (C=O) groups is 2. The second-order valence-electron chi connectivity index (χ2n) is 5.69. The lowest BCUT2D eigenvalue weighted by Crippen LogP contribution is -2.19. The van der Waals surface area contributed by atoms with Gasteiger partial charge in [0.15, 0.2) is 23.3 Å². The Labute approximate surface area is 170 Å². The minimum atomic E-state index is -1.02. The van der Waals surface area contributed by atoms with Crippen LogP contribution in [0.25, 0.3) is 6.08 Å². The maximum Gasteiger partial charge on any atom is 0.335 e. The number of amidine groups is 1. The van der Waals surface area contributed by atoms with E-state index in [0.29, 0.717) is 27.3 Å². The third-order valence-electron chi connectivity index (χ3n) is 3.77. The molecule has 0 radical (unpaired) electrons. The van der Waals surface area contributed by atoms with Crippen LogP contribution < -0.4 is 14.8 Å². The van der Waals surface area contributed by atoms with E-state index < -0.39 is 5.97 Å². The van der Waals surface area contributed by atoms with Gasteiger partial charge in [0.05, 0.1) is 23.3 Å². The zero-order valence-electron chi connectivity index (χ0n) is 15.2. The molecular weight excluding hydrogens is 394 g/mol. The number of carbonyl (C=O) groups excluding carboxylic acids is 1. The Bertz CT molecular complexity index is 1050. The van der Waals surface area contributed by atoms with Crippen LogP contribution >= 0.6 is 11.8 Å². The normalized spacial score (nSPS) is 15.8. The summed E-state index contributed by atoms with van der Waals surface area (Å²) in [6, 6.07) is 13.0. The molecular formula is C20H15N3O5S. The van der Waals surface area contributed by atoms with E-state index >= 15 is 0 Å². The summed E-state index contributed by atoms with van der Waals surface area (Å²) in [6.07, 6.45) is 1.69. The first-order valence-electron chi connectivity index (χ1n) is 8.31. The van der Waals surface area contributed by atoms with Crippen LogP contribution in [0.5, 0.6) is 11.5 Å². The van der Waals surface area contributed by atoms with E-state index in [1.807, 2.05) is 6.07 Å². The van der Waals surface area contributed by atoms with Crippen molar-refractivity contribution >= 4 is 40.6 Å². The summed E-state index contributed by atoms with van der Waals surface area (Å²) in [6.45, 7) is -0.0949. The smallest absolute Gasteiger partial charge is 0.335 e. The molecule has 1 amide bonds. The van der Waals surface area contributed by atoms with Crippen molar-refractivity contribution in [3.05, 3.63) is 58.5 Å². The number of ether oxygens (including phenoxy) is 2. The molecule has 0 aromatic heterocycles. The Hall–Kier alpha value is -3.77. The second-order valence-corrected chi connectivity index (χ2v) is 6.72. The molecule has 2 N–H and O–H groups in total. The van der Waals surface area contributed by atoms with Gasteiger partial charge < -0.3 is 19.9 Å². The van der Waals surface area contributed by atoms with Gasteiger partial charge in [-0.3, -0.25) is 4.79 Å². The zero-order chi connectivity index (χ0) is 20.8. The third-order valence-corrected chi connectivity index (χ3v) is 4.68. The average molecular weight is 409 g/mol. The van der Waals surface area contributed by atoms with Crippen molar-refractivity contribution in [1.29, 1.82) is 5.26 Å². The van der Waals surface area contributed by atoms with E-state index in [1.165, 1.54) is 31.0 Å². The fourth-order valence-corrected chi connectivity index (χ4v) is 3.27. The first-order chi connectivity index (χ1) is 14.0. The van der Waals surface area contributed by atoms with Crippen molar-refractivity contribution in [3.63, 3.8) is 0 Å². The number of aromatic carboxylic acids is 1. The summed E-state index contributed by atoms with van der Waals surface area (Å²) in [5, 5.41) is 20.6. The van der Waals surface area contributed by atoms with Crippen LogP contribution in [-0.4, -0.2) is 35.9 Å². The van der Waals surface area contributed by atoms with E-state index in [1.54, 1.807) is 36.4 Å². The average Bonchev–Trinajstić information content (AvgIpc) is 3.05. The summed E-state index contributed by atoms with van der Waals surface area (Å²) < 4.78 is 10.5. The van der Waals surface area contributed by atoms with Crippen molar-refractivity contribution in [2.45, 2.75) is 0 Å². The van der Waals surface area contributed by atoms with Crippen molar-refractivity contribution in [2.75, 3.05) is 13.7 Å². The molecule has 0 aliphatic carbocycles. The van der Waals surface area contributed by atoms with Gasteiger partial charge >= 0.3 is 5.97 Å². The van der Waals surface area contributed by atoms with Gasteiger partial charge in [0, 0.05) is 0 Å². The molecule has 2 aromatic rings. The number of aliphatic imine (C=N–C) groups is 1. The summed E-state index contributed by atoms with van der Waals surface area (Å²) in [7, 11) is 1.49. The van der Waals surface area contributed by atoms with Crippen LogP contribution in [0, 0.1) is 11.3 Å². The highest BCUT2D eigenvalue weighted by Crippen LogP contribution is 2.32. The number of carboxylic acids is 1. The van der Waals surface area contributed by atoms with Gasteiger partial charge in [-0.1, -0.05) is 6.07 Å². The van der Waals surface area contributed by atoms with Crippen molar-refractivity contribution in [1.82, 2.24) is 5.32 Å². The van der Waals surface area contributed by atoms with Crippen molar-refractivity contribution < 1.29 is 24.2 Å². The third kappa shape index (κ3) is 4.94. The number of nitriles is 1. The van der Waals surface area contributed by atoms with Crippen LogP contribution in [0.1, 0.15) is 15.9 Å². The fraction of sp³-hybridized carbons (Fsp3) is 0.100. The number of thioether (sulfide) groups is 1. The standard InChI is InChI=1S/C20H15N3O5S/c1-27-16-10-12(2-7-15(16)28-9-8-21)11-17-18(24)23-20(29-17)22-14-5-3-13(4-6-14)19(25)26/h2-7,10-11H,9H2,1H3,(H,25,26)(H,22,23,24)/b17-11-. The number of rotatable bonds is 6. The minimum absolute atomic E-state index is 0.0949. The highest BCUT2D eigenvalue weighted by Gasteiger charge is 2.24. The molecule has 1 fully saturated rings. The predicted octanol–water partition coefficient (Wildman–Crippen LogP) is 3.19. The Morgan fingerprint density at radius 2 is 2.03 bits per heavy atom. The second kappa shape index (κ2) is 8.95. The number of hydrogen-bond acceptors (Lipinski definition) is 7. The first kappa shape index (κ1) is 20.0. The maximum absolute atomic E-state index is 12.2. The molecule has 1 aliphatic rings. The van der Waals surface area contributed by atoms with Crippen LogP contribution in [-0.2, 0) is 4.79 Å². The highest BCUT2D eigenvalue weighted by atomic mass is 32.2. The molecule has 0 atom stereocenters. The van der Waals surface area contributed by atoms with E-state index in [4.69, 9.17) is 19.8 Å². The number of hydrogen-bond donors (Lipinski definition) is 2. The molecule has 0 unspecified atom stereocenters. The monoisotopic (exact) mass is 409 g/mol. The van der Waals surface area contributed by atoms with Gasteiger partial charge in [0.1, 0.15) is 6.07 Å². The molecule has 0 bridgehead atoms. The summed E-state index contributed by atoms with van der Waals surface area (Å²) in [4.78, 5) is 27.9. The molecule has 0 saturated carbocycles. The lowest BCUT2D eigenvalue weighted by Gasteiger charge is -2.08. The predicted molar refractivity (Wildman–Crippen MR) is 108 cm³/mol. The van der Waals surface area contributed by atoms with Gasteiger partial charge in [-0.15, -0.1) is 0 Å². The molecule has 8 nitrogen and oxygen atoms in total. The molecule has 2 aromatic carbocycles. The number of nitrogens with one attached hydrogen (secondary N) is 1. The molecule has 146 valence electrons. The van der Waals surface area contributed by atoms with E-state index in [2.05, 4.69) is 10.3 Å². The maximum atomic E-state index is 12.2. The topological polar surface area (TPSA) is 121 Å². The van der Waals surface area contributed by atoms with Crippen molar-refractivity contribution in [3.8, 4) is 17.6 Å². The Balaban J connectivity index is 1.78. The Morgan fingerprint density at radius 1 is 1.28 bits per heavy atom. The molecule has 1 aliphatic heterocycles. The Kier molecular flexibility index (Phi) is 6.16. The molecule has 0 spiro atoms. The van der Waals surface area contributed by atoms with Gasteiger partial charge in [-0.2, -0.15) is 5.26 Å². The number of nitrogens with zero attached hydrogens (tertiary/aromatic N) is 2. The Morgan fingerprint density at radius 3 is 2.69 bits per heavy atom. The van der Waals surface area contributed by atoms with Crippen LogP contribution in [0.4, 0.5) is 5.69 Å². The highest BCUT2D eigenvalue weighted by molar-refractivity contribution is 8.18. The fourth-order valence-electron chi connectivity index (χ4n) is 2.43. The molecule has 9 heteroatoms. The van der Waals surface area contributed by atoms with E-state index in [-0.39, 0.29) is 18.1 Å². The first-order valence-corrected chi connectivity index (χ1v) is 9.12. The summed E-state index contributed by atoms with van der Waals surface area (Å²) in [5.41, 5.74) is 1.41. The minimum Gasteiger partial charge on any atom is -0.493 e. The van der Waals surface area contributed by atoms with E-state index in [0.717, 1.165) is 5.56 Å². The summed E-state index contributed by atoms with van der Waals surface area (Å²) in [5.74, 6) is -0.422. The lowest BCUT2D eigenvalue weighted by molar-refractivity contribution is -0.115. The molecule has 1 heterocycles. The van der Waals surface area contributed by atoms with Crippen molar-refractivity contribution in [2.24, 2.45) is 4.99 Å². The van der Waals surface area contributed by atoms with Gasteiger partial charge in [-0.25, -0.2) is 9.79 Å². The molecule has 29 heavy (non-hydrogen) atoms.